The lowest BCUT2D eigenvalue weighted by Gasteiger charge is -2.15. The number of aryl methyl sites for hydroxylation is 2. The van der Waals surface area contributed by atoms with Crippen LogP contribution in [0, 0.1) is 11.3 Å². The van der Waals surface area contributed by atoms with Gasteiger partial charge < -0.3 is 5.32 Å². The Kier molecular flexibility index (Phi) is 7.61. The molecule has 28 heavy (non-hydrogen) atoms. The highest BCUT2D eigenvalue weighted by Crippen LogP contribution is 2.28. The average molecular weight is 434 g/mol. The number of carbonyl (C=O) groups excluding carboxylic acids is 1. The van der Waals surface area contributed by atoms with Gasteiger partial charge in [-0.05, 0) is 55.5 Å². The normalized spacial score (nSPS) is 13.8. The Balaban J connectivity index is 1.62. The number of amides is 1. The first-order chi connectivity index (χ1) is 13.6. The van der Waals surface area contributed by atoms with E-state index >= 15 is 0 Å². The molecule has 4 nitrogen and oxygen atoms in total. The zero-order valence-electron chi connectivity index (χ0n) is 15.4. The molecule has 0 bridgehead atoms. The van der Waals surface area contributed by atoms with Crippen molar-refractivity contribution in [3.05, 3.63) is 51.1 Å². The Morgan fingerprint density at radius 3 is 2.75 bits per heavy atom. The van der Waals surface area contributed by atoms with E-state index in [1.165, 1.54) is 30.2 Å². The van der Waals surface area contributed by atoms with Crippen molar-refractivity contribution < 1.29 is 4.79 Å². The summed E-state index contributed by atoms with van der Waals surface area (Å²) in [5, 5.41) is 13.9. The molecule has 0 spiro atoms. The summed E-state index contributed by atoms with van der Waals surface area (Å²) < 4.78 is 0. The van der Waals surface area contributed by atoms with Crippen LogP contribution in [0.5, 0.6) is 0 Å². The molecule has 1 amide bonds. The highest BCUT2D eigenvalue weighted by molar-refractivity contribution is 7.99. The van der Waals surface area contributed by atoms with Gasteiger partial charge in [0.15, 0.2) is 0 Å². The standard InChI is InChI=1S/C21H21Cl2N3OS/c22-16-7-8-17(23)19(12-16)25-20(27)9-10-28-21-15(13-24)11-14-5-3-1-2-4-6-18(14)26-21/h7-8,11-12H,1-6,9-10H2,(H,25,27). The van der Waals surface area contributed by atoms with E-state index in [2.05, 4.69) is 11.4 Å². The van der Waals surface area contributed by atoms with Crippen molar-refractivity contribution in [1.29, 1.82) is 5.26 Å². The van der Waals surface area contributed by atoms with Gasteiger partial charge >= 0.3 is 0 Å². The van der Waals surface area contributed by atoms with Crippen LogP contribution in [-0.4, -0.2) is 16.6 Å². The van der Waals surface area contributed by atoms with E-state index in [9.17, 15) is 10.1 Å². The molecular weight excluding hydrogens is 413 g/mol. The molecular formula is C21H21Cl2N3OS. The molecule has 3 rings (SSSR count). The summed E-state index contributed by atoms with van der Waals surface area (Å²) in [6, 6.07) is 9.19. The first kappa shape index (κ1) is 21.0. The van der Waals surface area contributed by atoms with Crippen LogP contribution in [0.4, 0.5) is 5.69 Å². The van der Waals surface area contributed by atoms with E-state index in [1.807, 2.05) is 6.07 Å². The number of rotatable bonds is 5. The van der Waals surface area contributed by atoms with E-state index in [4.69, 9.17) is 28.2 Å². The molecule has 0 unspecified atom stereocenters. The molecule has 1 N–H and O–H groups in total. The number of carbonyl (C=O) groups is 1. The SMILES string of the molecule is N#Cc1cc2c(nc1SCCC(=O)Nc1cc(Cl)ccc1Cl)CCCCCC2. The van der Waals surface area contributed by atoms with Crippen LogP contribution in [0.2, 0.25) is 10.0 Å². The second-order valence-corrected chi connectivity index (χ2v) is 8.67. The van der Waals surface area contributed by atoms with Gasteiger partial charge in [-0.15, -0.1) is 11.8 Å². The molecule has 1 aromatic carbocycles. The molecule has 0 saturated heterocycles. The number of nitrogens with zero attached hydrogens (tertiary/aromatic N) is 2. The molecule has 1 aliphatic carbocycles. The second kappa shape index (κ2) is 10.2. The van der Waals surface area contributed by atoms with Gasteiger partial charge in [0.05, 0.1) is 16.3 Å². The predicted molar refractivity (Wildman–Crippen MR) is 115 cm³/mol. The first-order valence-corrected chi connectivity index (χ1v) is 11.1. The summed E-state index contributed by atoms with van der Waals surface area (Å²) in [5.74, 6) is 0.381. The molecule has 146 valence electrons. The van der Waals surface area contributed by atoms with Gasteiger partial charge in [-0.3, -0.25) is 4.79 Å². The lowest BCUT2D eigenvalue weighted by Crippen LogP contribution is -2.12. The fourth-order valence-electron chi connectivity index (χ4n) is 3.20. The number of benzene rings is 1. The molecule has 0 atom stereocenters. The third kappa shape index (κ3) is 5.64. The summed E-state index contributed by atoms with van der Waals surface area (Å²) >= 11 is 13.5. The molecule has 0 fully saturated rings. The quantitative estimate of drug-likeness (QED) is 0.583. The van der Waals surface area contributed by atoms with E-state index in [0.29, 0.717) is 27.0 Å². The van der Waals surface area contributed by atoms with Gasteiger partial charge in [-0.2, -0.15) is 5.26 Å². The number of nitrogens with one attached hydrogen (secondary N) is 1. The van der Waals surface area contributed by atoms with Crippen molar-refractivity contribution in [3.63, 3.8) is 0 Å². The maximum atomic E-state index is 12.2. The Morgan fingerprint density at radius 1 is 1.18 bits per heavy atom. The summed E-state index contributed by atoms with van der Waals surface area (Å²) in [6.45, 7) is 0. The third-order valence-corrected chi connectivity index (χ3v) is 6.21. The van der Waals surface area contributed by atoms with Crippen LogP contribution < -0.4 is 5.32 Å². The van der Waals surface area contributed by atoms with Gasteiger partial charge in [-0.25, -0.2) is 4.98 Å². The fraction of sp³-hybridized carbons (Fsp3) is 0.381. The fourth-order valence-corrected chi connectivity index (χ4v) is 4.46. The van der Waals surface area contributed by atoms with Gasteiger partial charge in [0, 0.05) is 22.9 Å². The van der Waals surface area contributed by atoms with Crippen LogP contribution >= 0.6 is 35.0 Å². The minimum atomic E-state index is -0.151. The van der Waals surface area contributed by atoms with Crippen LogP contribution in [0.1, 0.15) is 48.9 Å². The van der Waals surface area contributed by atoms with E-state index in [-0.39, 0.29) is 12.3 Å². The molecule has 0 radical (unpaired) electrons. The Morgan fingerprint density at radius 2 is 1.96 bits per heavy atom. The number of pyridine rings is 1. The monoisotopic (exact) mass is 433 g/mol. The molecule has 2 aromatic rings. The number of hydrogen-bond acceptors (Lipinski definition) is 4. The average Bonchev–Trinajstić information content (AvgIpc) is 2.65. The lowest BCUT2D eigenvalue weighted by atomic mass is 9.96. The molecule has 1 aliphatic rings. The largest absolute Gasteiger partial charge is 0.325 e. The number of anilines is 1. The molecule has 1 aromatic heterocycles. The van der Waals surface area contributed by atoms with Gasteiger partial charge in [-0.1, -0.05) is 36.0 Å². The zero-order valence-corrected chi connectivity index (χ0v) is 17.8. The topological polar surface area (TPSA) is 65.8 Å². The van der Waals surface area contributed by atoms with Gasteiger partial charge in [0.1, 0.15) is 11.1 Å². The van der Waals surface area contributed by atoms with Crippen molar-refractivity contribution in [3.8, 4) is 6.07 Å². The summed E-state index contributed by atoms with van der Waals surface area (Å²) in [4.78, 5) is 17.0. The highest BCUT2D eigenvalue weighted by Gasteiger charge is 2.15. The lowest BCUT2D eigenvalue weighted by molar-refractivity contribution is -0.115. The Labute approximate surface area is 179 Å². The van der Waals surface area contributed by atoms with Crippen molar-refractivity contribution in [2.75, 3.05) is 11.1 Å². The Hall–Kier alpha value is -1.74. The minimum absolute atomic E-state index is 0.151. The summed E-state index contributed by atoms with van der Waals surface area (Å²) in [6.07, 6.45) is 7.00. The van der Waals surface area contributed by atoms with Crippen LogP contribution in [0.3, 0.4) is 0 Å². The van der Waals surface area contributed by atoms with Crippen molar-refractivity contribution in [2.45, 2.75) is 50.0 Å². The maximum absolute atomic E-state index is 12.2. The molecule has 0 saturated carbocycles. The van der Waals surface area contributed by atoms with E-state index < -0.39 is 0 Å². The molecule has 1 heterocycles. The summed E-state index contributed by atoms with van der Waals surface area (Å²) in [7, 11) is 0. The first-order valence-electron chi connectivity index (χ1n) is 9.37. The number of halogens is 2. The van der Waals surface area contributed by atoms with E-state index in [0.717, 1.165) is 36.4 Å². The number of hydrogen-bond donors (Lipinski definition) is 1. The predicted octanol–water partition coefficient (Wildman–Crippen LogP) is 6.04. The van der Waals surface area contributed by atoms with Gasteiger partial charge in [0.25, 0.3) is 0 Å². The van der Waals surface area contributed by atoms with Crippen molar-refractivity contribution in [2.24, 2.45) is 0 Å². The molecule has 0 aliphatic heterocycles. The van der Waals surface area contributed by atoms with Crippen molar-refractivity contribution >= 4 is 46.6 Å². The molecule has 7 heteroatoms. The van der Waals surface area contributed by atoms with Gasteiger partial charge in [0.2, 0.25) is 5.91 Å². The second-order valence-electron chi connectivity index (χ2n) is 6.74. The third-order valence-electron chi connectivity index (χ3n) is 4.66. The summed E-state index contributed by atoms with van der Waals surface area (Å²) in [5.41, 5.74) is 3.41. The number of nitriles is 1. The van der Waals surface area contributed by atoms with Crippen LogP contribution in [0.15, 0.2) is 29.3 Å². The van der Waals surface area contributed by atoms with Crippen LogP contribution in [0.25, 0.3) is 0 Å². The highest BCUT2D eigenvalue weighted by atomic mass is 35.5. The zero-order chi connectivity index (χ0) is 19.9. The smallest absolute Gasteiger partial charge is 0.225 e. The number of thioether (sulfide) groups is 1. The number of aromatic nitrogens is 1. The van der Waals surface area contributed by atoms with E-state index in [1.54, 1.807) is 18.2 Å². The number of fused-ring (bicyclic) bond motifs is 1. The maximum Gasteiger partial charge on any atom is 0.225 e. The minimum Gasteiger partial charge on any atom is -0.325 e. The van der Waals surface area contributed by atoms with Crippen molar-refractivity contribution in [1.82, 2.24) is 4.98 Å². The Bertz CT molecular complexity index is 911. The van der Waals surface area contributed by atoms with Crippen LogP contribution in [-0.2, 0) is 17.6 Å².